The first-order valence-electron chi connectivity index (χ1n) is 7.42. The summed E-state index contributed by atoms with van der Waals surface area (Å²) in [5.74, 6) is -0.0572. The van der Waals surface area contributed by atoms with Crippen molar-refractivity contribution in [3.8, 4) is 0 Å². The van der Waals surface area contributed by atoms with E-state index in [4.69, 9.17) is 5.73 Å². The smallest absolute Gasteiger partial charge is 0.255 e. The highest BCUT2D eigenvalue weighted by Gasteiger charge is 2.14. The van der Waals surface area contributed by atoms with Crippen LogP contribution in [0.1, 0.15) is 46.4 Å². The summed E-state index contributed by atoms with van der Waals surface area (Å²) in [6.07, 6.45) is 3.41. The highest BCUT2D eigenvalue weighted by molar-refractivity contribution is 6.04. The maximum atomic E-state index is 12.3. The fourth-order valence-electron chi connectivity index (χ4n) is 2.79. The largest absolute Gasteiger partial charge is 0.324 e. The molecule has 3 nitrogen and oxygen atoms in total. The zero-order chi connectivity index (χ0) is 14.8. The summed E-state index contributed by atoms with van der Waals surface area (Å²) in [4.78, 5) is 12.3. The van der Waals surface area contributed by atoms with Crippen molar-refractivity contribution in [2.75, 3.05) is 5.32 Å². The van der Waals surface area contributed by atoms with Gasteiger partial charge in [0, 0.05) is 17.3 Å². The van der Waals surface area contributed by atoms with Crippen molar-refractivity contribution < 1.29 is 4.79 Å². The standard InChI is InChI=1S/C18H20N2O/c1-12(19)13-7-9-17(10-8-13)20-18(21)16-6-5-14-3-2-4-15(14)11-16/h5-12H,2-4,19H2,1H3,(H,20,21). The number of rotatable bonds is 3. The molecule has 0 heterocycles. The van der Waals surface area contributed by atoms with Gasteiger partial charge in [0.05, 0.1) is 0 Å². The Labute approximate surface area is 125 Å². The van der Waals surface area contributed by atoms with E-state index in [2.05, 4.69) is 11.4 Å². The third-order valence-electron chi connectivity index (χ3n) is 4.06. The van der Waals surface area contributed by atoms with Gasteiger partial charge in [0.25, 0.3) is 5.91 Å². The predicted molar refractivity (Wildman–Crippen MR) is 85.5 cm³/mol. The molecule has 21 heavy (non-hydrogen) atoms. The Morgan fingerprint density at radius 1 is 1.10 bits per heavy atom. The summed E-state index contributed by atoms with van der Waals surface area (Å²) < 4.78 is 0. The molecule has 0 aromatic heterocycles. The van der Waals surface area contributed by atoms with Crippen LogP contribution in [-0.2, 0) is 12.8 Å². The molecule has 3 rings (SSSR count). The Hall–Kier alpha value is -2.13. The van der Waals surface area contributed by atoms with Crippen LogP contribution >= 0.6 is 0 Å². The number of benzene rings is 2. The third kappa shape index (κ3) is 2.98. The second kappa shape index (κ2) is 5.70. The van der Waals surface area contributed by atoms with Crippen molar-refractivity contribution in [2.45, 2.75) is 32.2 Å². The minimum absolute atomic E-state index is 0.00598. The zero-order valence-electron chi connectivity index (χ0n) is 12.2. The van der Waals surface area contributed by atoms with Gasteiger partial charge in [-0.1, -0.05) is 18.2 Å². The van der Waals surface area contributed by atoms with Crippen molar-refractivity contribution in [2.24, 2.45) is 5.73 Å². The molecular formula is C18H20N2O. The fraction of sp³-hybridized carbons (Fsp3) is 0.278. The second-order valence-corrected chi connectivity index (χ2v) is 5.70. The first-order chi connectivity index (χ1) is 10.1. The molecular weight excluding hydrogens is 260 g/mol. The topological polar surface area (TPSA) is 55.1 Å². The molecule has 2 aromatic rings. The number of amides is 1. The molecule has 1 unspecified atom stereocenters. The SMILES string of the molecule is CC(N)c1ccc(NC(=O)c2ccc3c(c2)CCC3)cc1. The van der Waals surface area contributed by atoms with Crippen LogP contribution in [-0.4, -0.2) is 5.91 Å². The highest BCUT2D eigenvalue weighted by atomic mass is 16.1. The molecule has 0 spiro atoms. The average Bonchev–Trinajstić information content (AvgIpc) is 2.95. The van der Waals surface area contributed by atoms with Crippen molar-refractivity contribution in [3.63, 3.8) is 0 Å². The van der Waals surface area contributed by atoms with Crippen molar-refractivity contribution >= 4 is 11.6 Å². The van der Waals surface area contributed by atoms with Crippen molar-refractivity contribution in [1.82, 2.24) is 0 Å². The summed E-state index contributed by atoms with van der Waals surface area (Å²) in [6, 6.07) is 13.7. The Morgan fingerprint density at radius 2 is 1.81 bits per heavy atom. The fourth-order valence-corrected chi connectivity index (χ4v) is 2.79. The third-order valence-corrected chi connectivity index (χ3v) is 4.06. The van der Waals surface area contributed by atoms with Crippen LogP contribution in [0.15, 0.2) is 42.5 Å². The molecule has 3 N–H and O–H groups in total. The normalized spacial score (nSPS) is 14.6. The molecule has 2 aromatic carbocycles. The number of anilines is 1. The van der Waals surface area contributed by atoms with Gasteiger partial charge >= 0.3 is 0 Å². The molecule has 1 aliphatic carbocycles. The molecule has 0 bridgehead atoms. The Bertz CT molecular complexity index is 659. The van der Waals surface area contributed by atoms with E-state index in [1.807, 2.05) is 43.3 Å². The molecule has 0 saturated heterocycles. The Kier molecular flexibility index (Phi) is 3.76. The molecule has 0 aliphatic heterocycles. The molecule has 1 amide bonds. The number of carbonyl (C=O) groups excluding carboxylic acids is 1. The molecule has 0 radical (unpaired) electrons. The highest BCUT2D eigenvalue weighted by Crippen LogP contribution is 2.23. The first kappa shape index (κ1) is 13.8. The van der Waals surface area contributed by atoms with E-state index < -0.39 is 0 Å². The maximum absolute atomic E-state index is 12.3. The number of carbonyl (C=O) groups is 1. The van der Waals surface area contributed by atoms with Gasteiger partial charge in [-0.25, -0.2) is 0 Å². The van der Waals surface area contributed by atoms with Crippen LogP contribution in [0.2, 0.25) is 0 Å². The van der Waals surface area contributed by atoms with Gasteiger partial charge in [-0.05, 0) is 67.1 Å². The van der Waals surface area contributed by atoms with Gasteiger partial charge in [0.1, 0.15) is 0 Å². The number of hydrogen-bond donors (Lipinski definition) is 2. The summed E-state index contributed by atoms with van der Waals surface area (Å²) in [5, 5.41) is 2.94. The van der Waals surface area contributed by atoms with E-state index in [-0.39, 0.29) is 11.9 Å². The van der Waals surface area contributed by atoms with E-state index in [0.717, 1.165) is 29.7 Å². The zero-order valence-corrected chi connectivity index (χ0v) is 12.2. The van der Waals surface area contributed by atoms with Crippen molar-refractivity contribution in [1.29, 1.82) is 0 Å². The summed E-state index contributed by atoms with van der Waals surface area (Å²) >= 11 is 0. The number of fused-ring (bicyclic) bond motifs is 1. The lowest BCUT2D eigenvalue weighted by Crippen LogP contribution is -2.12. The number of nitrogens with one attached hydrogen (secondary N) is 1. The van der Waals surface area contributed by atoms with E-state index in [1.54, 1.807) is 0 Å². The lowest BCUT2D eigenvalue weighted by molar-refractivity contribution is 0.102. The lowest BCUT2D eigenvalue weighted by atomic mass is 10.1. The van der Waals surface area contributed by atoms with Gasteiger partial charge in [0.15, 0.2) is 0 Å². The van der Waals surface area contributed by atoms with Gasteiger partial charge in [-0.2, -0.15) is 0 Å². The number of nitrogens with two attached hydrogens (primary N) is 1. The van der Waals surface area contributed by atoms with Gasteiger partial charge in [0.2, 0.25) is 0 Å². The van der Waals surface area contributed by atoms with Crippen LogP contribution in [0.4, 0.5) is 5.69 Å². The van der Waals surface area contributed by atoms with E-state index >= 15 is 0 Å². The summed E-state index contributed by atoms with van der Waals surface area (Å²) in [7, 11) is 0. The van der Waals surface area contributed by atoms with E-state index in [0.29, 0.717) is 0 Å². The van der Waals surface area contributed by atoms with Crippen LogP contribution in [0.3, 0.4) is 0 Å². The quantitative estimate of drug-likeness (QED) is 0.904. The summed E-state index contributed by atoms with van der Waals surface area (Å²) in [5.41, 5.74) is 11.1. The monoisotopic (exact) mass is 280 g/mol. The van der Waals surface area contributed by atoms with Gasteiger partial charge in [-0.3, -0.25) is 4.79 Å². The minimum Gasteiger partial charge on any atom is -0.324 e. The Morgan fingerprint density at radius 3 is 2.52 bits per heavy atom. The molecule has 3 heteroatoms. The second-order valence-electron chi connectivity index (χ2n) is 5.70. The number of aryl methyl sites for hydroxylation is 2. The lowest BCUT2D eigenvalue weighted by Gasteiger charge is -2.09. The molecule has 0 fully saturated rings. The average molecular weight is 280 g/mol. The summed E-state index contributed by atoms with van der Waals surface area (Å²) in [6.45, 7) is 1.94. The van der Waals surface area contributed by atoms with Gasteiger partial charge in [-0.15, -0.1) is 0 Å². The van der Waals surface area contributed by atoms with Crippen LogP contribution in [0.5, 0.6) is 0 Å². The molecule has 108 valence electrons. The van der Waals surface area contributed by atoms with E-state index in [1.165, 1.54) is 17.5 Å². The van der Waals surface area contributed by atoms with Crippen LogP contribution in [0.25, 0.3) is 0 Å². The predicted octanol–water partition coefficient (Wildman–Crippen LogP) is 3.45. The molecule has 1 aliphatic rings. The minimum atomic E-state index is -0.0572. The maximum Gasteiger partial charge on any atom is 0.255 e. The van der Waals surface area contributed by atoms with Crippen molar-refractivity contribution in [3.05, 3.63) is 64.7 Å². The number of hydrogen-bond acceptors (Lipinski definition) is 2. The van der Waals surface area contributed by atoms with Gasteiger partial charge < -0.3 is 11.1 Å². The molecule has 0 saturated carbocycles. The van der Waals surface area contributed by atoms with Crippen LogP contribution in [0, 0.1) is 0 Å². The van der Waals surface area contributed by atoms with E-state index in [9.17, 15) is 4.79 Å². The molecule has 1 atom stereocenters. The van der Waals surface area contributed by atoms with Crippen LogP contribution < -0.4 is 11.1 Å². The first-order valence-corrected chi connectivity index (χ1v) is 7.42. The Balaban J connectivity index is 1.74.